The van der Waals surface area contributed by atoms with Gasteiger partial charge in [0.2, 0.25) is 0 Å². The molecule has 2 fully saturated rings. The zero-order chi connectivity index (χ0) is 16.4. The lowest BCUT2D eigenvalue weighted by Gasteiger charge is -2.27. The molecule has 3 heterocycles. The van der Waals surface area contributed by atoms with Gasteiger partial charge in [-0.05, 0) is 44.0 Å². The Balaban J connectivity index is 1.50. The van der Waals surface area contributed by atoms with Crippen molar-refractivity contribution >= 4 is 5.91 Å². The first-order valence-corrected chi connectivity index (χ1v) is 8.60. The second kappa shape index (κ2) is 6.69. The number of hydrogen-bond acceptors (Lipinski definition) is 4. The molecule has 1 N–H and O–H groups in total. The summed E-state index contributed by atoms with van der Waals surface area (Å²) in [5.41, 5.74) is 0.806. The van der Waals surface area contributed by atoms with E-state index in [-0.39, 0.29) is 11.9 Å². The zero-order valence-electron chi connectivity index (χ0n) is 13.6. The van der Waals surface area contributed by atoms with Crippen molar-refractivity contribution in [3.63, 3.8) is 0 Å². The quantitative estimate of drug-likeness (QED) is 0.939. The number of rotatable bonds is 4. The number of nitrogens with one attached hydrogen (secondary N) is 1. The summed E-state index contributed by atoms with van der Waals surface area (Å²) in [6.07, 6.45) is 4.75. The van der Waals surface area contributed by atoms with E-state index in [9.17, 15) is 4.79 Å². The average Bonchev–Trinajstić information content (AvgIpc) is 3.16. The molecule has 2 saturated heterocycles. The summed E-state index contributed by atoms with van der Waals surface area (Å²) in [6.45, 7) is 2.19. The van der Waals surface area contributed by atoms with Gasteiger partial charge in [0.15, 0.2) is 5.76 Å². The number of carbonyl (C=O) groups excluding carboxylic acids is 1. The molecule has 1 aromatic carbocycles. The van der Waals surface area contributed by atoms with E-state index in [1.54, 1.807) is 6.26 Å². The van der Waals surface area contributed by atoms with Crippen molar-refractivity contribution in [2.45, 2.75) is 38.0 Å². The molecule has 2 atom stereocenters. The number of amides is 1. The molecule has 4 rings (SSSR count). The molecule has 2 aromatic rings. The van der Waals surface area contributed by atoms with Crippen molar-refractivity contribution in [1.82, 2.24) is 10.2 Å². The third kappa shape index (κ3) is 2.91. The Kier molecular flexibility index (Phi) is 4.26. The Morgan fingerprint density at radius 3 is 2.88 bits per heavy atom. The van der Waals surface area contributed by atoms with Gasteiger partial charge in [0, 0.05) is 24.2 Å². The zero-order valence-corrected chi connectivity index (χ0v) is 13.6. The summed E-state index contributed by atoms with van der Waals surface area (Å²) in [5.74, 6) is 1.21. The summed E-state index contributed by atoms with van der Waals surface area (Å²) >= 11 is 0. The molecular formula is C19H22N2O3. The van der Waals surface area contributed by atoms with Crippen LogP contribution in [0.5, 0.6) is 5.75 Å². The molecule has 126 valence electrons. The van der Waals surface area contributed by atoms with E-state index < -0.39 is 0 Å². The fourth-order valence-electron chi connectivity index (χ4n) is 3.75. The van der Waals surface area contributed by atoms with E-state index in [4.69, 9.17) is 9.15 Å². The number of nitrogens with zero attached hydrogens (tertiary/aromatic N) is 1. The summed E-state index contributed by atoms with van der Waals surface area (Å²) in [4.78, 5) is 15.1. The molecule has 5 nitrogen and oxygen atoms in total. The summed E-state index contributed by atoms with van der Waals surface area (Å²) in [5, 5.41) is 3.42. The highest BCUT2D eigenvalue weighted by molar-refractivity contribution is 5.93. The molecule has 0 spiro atoms. The topological polar surface area (TPSA) is 54.7 Å². The number of furan rings is 1. The highest BCUT2D eigenvalue weighted by Crippen LogP contribution is 2.30. The lowest BCUT2D eigenvalue weighted by molar-refractivity contribution is 0.0643. The number of benzene rings is 1. The van der Waals surface area contributed by atoms with E-state index in [0.717, 1.165) is 43.7 Å². The van der Waals surface area contributed by atoms with Gasteiger partial charge in [-0.1, -0.05) is 18.2 Å². The van der Waals surface area contributed by atoms with E-state index in [1.807, 2.05) is 41.3 Å². The SMILES string of the molecule is O=C(c1occc1COc1ccccc1)N1C2CCNCC1CC2. The van der Waals surface area contributed by atoms with Gasteiger partial charge in [-0.2, -0.15) is 0 Å². The molecule has 2 bridgehead atoms. The Hall–Kier alpha value is -2.27. The fourth-order valence-corrected chi connectivity index (χ4v) is 3.75. The van der Waals surface area contributed by atoms with Crippen LogP contribution in [0.25, 0.3) is 0 Å². The van der Waals surface area contributed by atoms with Crippen molar-refractivity contribution in [3.8, 4) is 5.75 Å². The van der Waals surface area contributed by atoms with Gasteiger partial charge in [0.05, 0.1) is 6.26 Å². The fraction of sp³-hybridized carbons (Fsp3) is 0.421. The Labute approximate surface area is 141 Å². The normalized spacial score (nSPS) is 23.1. The molecular weight excluding hydrogens is 304 g/mol. The van der Waals surface area contributed by atoms with Crippen LogP contribution in [-0.2, 0) is 6.61 Å². The number of para-hydroxylation sites is 1. The number of hydrogen-bond donors (Lipinski definition) is 1. The summed E-state index contributed by atoms with van der Waals surface area (Å²) < 4.78 is 11.3. The van der Waals surface area contributed by atoms with E-state index in [0.29, 0.717) is 18.4 Å². The van der Waals surface area contributed by atoms with Gasteiger partial charge in [0.25, 0.3) is 5.91 Å². The van der Waals surface area contributed by atoms with Crippen LogP contribution in [-0.4, -0.2) is 36.0 Å². The van der Waals surface area contributed by atoms with Crippen LogP contribution in [0.1, 0.15) is 35.4 Å². The lowest BCUT2D eigenvalue weighted by Crippen LogP contribution is -2.42. The van der Waals surface area contributed by atoms with Crippen molar-refractivity contribution in [2.75, 3.05) is 13.1 Å². The standard InChI is InChI=1S/C19H22N2O3/c22-19(21-15-6-7-16(21)12-20-10-8-15)18-14(9-11-23-18)13-24-17-4-2-1-3-5-17/h1-5,9,11,15-16,20H,6-8,10,12-13H2. The van der Waals surface area contributed by atoms with Crippen LogP contribution in [0, 0.1) is 0 Å². The number of fused-ring (bicyclic) bond motifs is 2. The van der Waals surface area contributed by atoms with Crippen LogP contribution in [0.2, 0.25) is 0 Å². The predicted molar refractivity (Wildman–Crippen MR) is 89.9 cm³/mol. The average molecular weight is 326 g/mol. The van der Waals surface area contributed by atoms with Crippen LogP contribution < -0.4 is 10.1 Å². The van der Waals surface area contributed by atoms with Gasteiger partial charge < -0.3 is 19.4 Å². The molecule has 0 saturated carbocycles. The van der Waals surface area contributed by atoms with Gasteiger partial charge >= 0.3 is 0 Å². The van der Waals surface area contributed by atoms with Gasteiger partial charge in [-0.25, -0.2) is 0 Å². The predicted octanol–water partition coefficient (Wildman–Crippen LogP) is 2.83. The Morgan fingerprint density at radius 1 is 1.17 bits per heavy atom. The first-order chi connectivity index (χ1) is 11.8. The largest absolute Gasteiger partial charge is 0.489 e. The molecule has 5 heteroatoms. The van der Waals surface area contributed by atoms with Gasteiger partial charge in [-0.15, -0.1) is 0 Å². The molecule has 1 amide bonds. The van der Waals surface area contributed by atoms with E-state index in [2.05, 4.69) is 5.32 Å². The number of ether oxygens (including phenoxy) is 1. The van der Waals surface area contributed by atoms with Crippen molar-refractivity contribution in [1.29, 1.82) is 0 Å². The number of carbonyl (C=O) groups is 1. The summed E-state index contributed by atoms with van der Waals surface area (Å²) in [6, 6.07) is 12.0. The minimum Gasteiger partial charge on any atom is -0.489 e. The van der Waals surface area contributed by atoms with Crippen LogP contribution >= 0.6 is 0 Å². The van der Waals surface area contributed by atoms with Gasteiger partial charge in [-0.3, -0.25) is 4.79 Å². The van der Waals surface area contributed by atoms with Crippen LogP contribution in [0.15, 0.2) is 47.1 Å². The smallest absolute Gasteiger partial charge is 0.290 e. The third-order valence-electron chi connectivity index (χ3n) is 4.97. The van der Waals surface area contributed by atoms with Crippen LogP contribution in [0.4, 0.5) is 0 Å². The second-order valence-electron chi connectivity index (χ2n) is 6.47. The van der Waals surface area contributed by atoms with Crippen LogP contribution in [0.3, 0.4) is 0 Å². The van der Waals surface area contributed by atoms with Crippen molar-refractivity contribution in [3.05, 3.63) is 54.0 Å². The molecule has 2 aliphatic heterocycles. The van der Waals surface area contributed by atoms with Crippen molar-refractivity contribution < 1.29 is 13.9 Å². The molecule has 0 radical (unpaired) electrons. The first kappa shape index (κ1) is 15.3. The molecule has 0 aliphatic carbocycles. The Bertz CT molecular complexity index is 684. The molecule has 1 aromatic heterocycles. The minimum absolute atomic E-state index is 0.00265. The monoisotopic (exact) mass is 326 g/mol. The Morgan fingerprint density at radius 2 is 2.00 bits per heavy atom. The molecule has 24 heavy (non-hydrogen) atoms. The van der Waals surface area contributed by atoms with Gasteiger partial charge in [0.1, 0.15) is 12.4 Å². The van der Waals surface area contributed by atoms with Crippen molar-refractivity contribution in [2.24, 2.45) is 0 Å². The summed E-state index contributed by atoms with van der Waals surface area (Å²) in [7, 11) is 0. The lowest BCUT2D eigenvalue weighted by atomic mass is 10.1. The highest BCUT2D eigenvalue weighted by atomic mass is 16.5. The minimum atomic E-state index is 0.00265. The highest BCUT2D eigenvalue weighted by Gasteiger charge is 2.39. The maximum atomic E-state index is 13.1. The van der Waals surface area contributed by atoms with E-state index in [1.165, 1.54) is 0 Å². The molecule has 2 aliphatic rings. The first-order valence-electron chi connectivity index (χ1n) is 8.60. The second-order valence-corrected chi connectivity index (χ2v) is 6.47. The van der Waals surface area contributed by atoms with E-state index >= 15 is 0 Å². The third-order valence-corrected chi connectivity index (χ3v) is 4.97. The maximum Gasteiger partial charge on any atom is 0.290 e. The maximum absolute atomic E-state index is 13.1. The molecule has 2 unspecified atom stereocenters.